The summed E-state index contributed by atoms with van der Waals surface area (Å²) in [4.78, 5) is 5.25. The van der Waals surface area contributed by atoms with Crippen molar-refractivity contribution in [2.24, 2.45) is 5.73 Å². The van der Waals surface area contributed by atoms with Gasteiger partial charge < -0.3 is 15.2 Å². The molecule has 5 heteroatoms. The Balaban J connectivity index is 2.02. The Kier molecular flexibility index (Phi) is 6.44. The Morgan fingerprint density at radius 3 is 2.48 bits per heavy atom. The Hall–Kier alpha value is -0.200. The monoisotopic (exact) mass is 299 g/mol. The van der Waals surface area contributed by atoms with Crippen LogP contribution in [0.15, 0.2) is 0 Å². The van der Waals surface area contributed by atoms with Crippen molar-refractivity contribution >= 4 is 0 Å². The molecule has 1 saturated heterocycles. The number of methoxy groups -OCH3 is 2. The Labute approximate surface area is 129 Å². The van der Waals surface area contributed by atoms with E-state index >= 15 is 0 Å². The van der Waals surface area contributed by atoms with Crippen LogP contribution in [0.2, 0.25) is 0 Å². The first-order valence-electron chi connectivity index (χ1n) is 8.35. The first kappa shape index (κ1) is 17.2. The van der Waals surface area contributed by atoms with Crippen LogP contribution in [0.3, 0.4) is 0 Å². The van der Waals surface area contributed by atoms with Crippen molar-refractivity contribution in [2.75, 3.05) is 53.6 Å². The van der Waals surface area contributed by atoms with Gasteiger partial charge in [-0.1, -0.05) is 0 Å². The van der Waals surface area contributed by atoms with Crippen LogP contribution in [0, 0.1) is 0 Å². The molecular formula is C16H33N3O2. The summed E-state index contributed by atoms with van der Waals surface area (Å²) in [5.41, 5.74) is 6.37. The molecule has 0 aromatic heterocycles. The lowest BCUT2D eigenvalue weighted by atomic mass is 9.93. The molecule has 0 aromatic carbocycles. The molecule has 2 fully saturated rings. The Bertz CT molecular complexity index is 312. The highest BCUT2D eigenvalue weighted by Crippen LogP contribution is 2.39. The maximum atomic E-state index is 6.25. The fourth-order valence-corrected chi connectivity index (χ4v) is 3.82. The van der Waals surface area contributed by atoms with Crippen LogP contribution >= 0.6 is 0 Å². The van der Waals surface area contributed by atoms with E-state index in [4.69, 9.17) is 15.2 Å². The Morgan fingerprint density at radius 2 is 1.90 bits per heavy atom. The summed E-state index contributed by atoms with van der Waals surface area (Å²) < 4.78 is 10.5. The second-order valence-electron chi connectivity index (χ2n) is 6.71. The minimum Gasteiger partial charge on any atom is -0.385 e. The molecule has 124 valence electrons. The van der Waals surface area contributed by atoms with E-state index in [-0.39, 0.29) is 5.54 Å². The van der Waals surface area contributed by atoms with Gasteiger partial charge in [-0.25, -0.2) is 0 Å². The number of hydrogen-bond donors (Lipinski definition) is 1. The van der Waals surface area contributed by atoms with E-state index in [0.29, 0.717) is 6.04 Å². The molecule has 0 aromatic rings. The van der Waals surface area contributed by atoms with Crippen LogP contribution in [0.4, 0.5) is 0 Å². The smallest absolute Gasteiger partial charge is 0.0589 e. The van der Waals surface area contributed by atoms with Gasteiger partial charge in [0.15, 0.2) is 0 Å². The van der Waals surface area contributed by atoms with E-state index in [0.717, 1.165) is 51.9 Å². The Morgan fingerprint density at radius 1 is 1.19 bits per heavy atom. The largest absolute Gasteiger partial charge is 0.385 e. The van der Waals surface area contributed by atoms with Crippen molar-refractivity contribution in [3.8, 4) is 0 Å². The number of nitrogens with zero attached hydrogens (tertiary/aromatic N) is 2. The highest BCUT2D eigenvalue weighted by Gasteiger charge is 2.48. The molecule has 21 heavy (non-hydrogen) atoms. The zero-order chi connectivity index (χ0) is 15.3. The average Bonchev–Trinajstić information content (AvgIpc) is 3.27. The van der Waals surface area contributed by atoms with Gasteiger partial charge in [-0.3, -0.25) is 9.80 Å². The minimum absolute atomic E-state index is 0.119. The zero-order valence-electron chi connectivity index (χ0n) is 14.0. The van der Waals surface area contributed by atoms with Gasteiger partial charge >= 0.3 is 0 Å². The van der Waals surface area contributed by atoms with Gasteiger partial charge in [0, 0.05) is 64.6 Å². The highest BCUT2D eigenvalue weighted by molar-refractivity contribution is 5.06. The highest BCUT2D eigenvalue weighted by atomic mass is 16.5. The summed E-state index contributed by atoms with van der Waals surface area (Å²) >= 11 is 0. The fraction of sp³-hybridized carbons (Fsp3) is 1.00. The van der Waals surface area contributed by atoms with E-state index in [1.165, 1.54) is 19.3 Å². The molecule has 1 heterocycles. The molecule has 2 N–H and O–H groups in total. The van der Waals surface area contributed by atoms with Gasteiger partial charge in [0.05, 0.1) is 6.61 Å². The number of nitrogens with two attached hydrogens (primary N) is 1. The number of hydrogen-bond acceptors (Lipinski definition) is 5. The van der Waals surface area contributed by atoms with E-state index in [9.17, 15) is 0 Å². The van der Waals surface area contributed by atoms with E-state index < -0.39 is 0 Å². The van der Waals surface area contributed by atoms with Crippen molar-refractivity contribution in [1.29, 1.82) is 0 Å². The predicted octanol–water partition coefficient (Wildman–Crippen LogP) is 0.925. The quantitative estimate of drug-likeness (QED) is 0.608. The topological polar surface area (TPSA) is 51.0 Å². The lowest BCUT2D eigenvalue weighted by Crippen LogP contribution is -2.57. The van der Waals surface area contributed by atoms with Crippen LogP contribution < -0.4 is 5.73 Å². The van der Waals surface area contributed by atoms with Crippen LogP contribution in [-0.2, 0) is 9.47 Å². The lowest BCUT2D eigenvalue weighted by Gasteiger charge is -2.41. The fourth-order valence-electron chi connectivity index (χ4n) is 3.82. The summed E-state index contributed by atoms with van der Waals surface area (Å²) in [6.07, 6.45) is 4.97. The van der Waals surface area contributed by atoms with Crippen molar-refractivity contribution in [1.82, 2.24) is 9.80 Å². The van der Waals surface area contributed by atoms with Gasteiger partial charge in [-0.15, -0.1) is 0 Å². The molecule has 0 bridgehead atoms. The lowest BCUT2D eigenvalue weighted by molar-refractivity contribution is 0.0548. The third-order valence-electron chi connectivity index (χ3n) is 5.13. The maximum Gasteiger partial charge on any atom is 0.0589 e. The average molecular weight is 299 g/mol. The molecule has 5 nitrogen and oxygen atoms in total. The first-order chi connectivity index (χ1) is 10.2. The van der Waals surface area contributed by atoms with Gasteiger partial charge in [0.25, 0.3) is 0 Å². The van der Waals surface area contributed by atoms with Crippen molar-refractivity contribution in [2.45, 2.75) is 50.2 Å². The molecule has 1 saturated carbocycles. The minimum atomic E-state index is 0.119. The number of rotatable bonds is 10. The SMILES string of the molecule is COCCCN(CCOC)C1(CN)CC(C)N(C2CC2)C1. The molecule has 2 rings (SSSR count). The number of likely N-dealkylation sites (tertiary alicyclic amines) is 1. The van der Waals surface area contributed by atoms with Gasteiger partial charge in [0.1, 0.15) is 0 Å². The first-order valence-corrected chi connectivity index (χ1v) is 8.35. The van der Waals surface area contributed by atoms with Crippen molar-refractivity contribution in [3.63, 3.8) is 0 Å². The summed E-state index contributed by atoms with van der Waals surface area (Å²) in [7, 11) is 3.54. The molecule has 1 aliphatic heterocycles. The van der Waals surface area contributed by atoms with Gasteiger partial charge in [0.2, 0.25) is 0 Å². The van der Waals surface area contributed by atoms with Crippen LogP contribution in [0.1, 0.15) is 32.6 Å². The molecule has 2 aliphatic rings. The molecule has 2 atom stereocenters. The number of ether oxygens (including phenoxy) is 2. The predicted molar refractivity (Wildman–Crippen MR) is 85.5 cm³/mol. The van der Waals surface area contributed by atoms with Crippen molar-refractivity contribution < 1.29 is 9.47 Å². The van der Waals surface area contributed by atoms with E-state index in [1.54, 1.807) is 14.2 Å². The molecule has 0 amide bonds. The molecule has 1 aliphatic carbocycles. The van der Waals surface area contributed by atoms with Crippen molar-refractivity contribution in [3.05, 3.63) is 0 Å². The summed E-state index contributed by atoms with van der Waals surface area (Å²) in [6, 6.07) is 1.46. The molecule has 0 spiro atoms. The molecular weight excluding hydrogens is 266 g/mol. The third kappa shape index (κ3) is 4.17. The van der Waals surface area contributed by atoms with Crippen LogP contribution in [0.25, 0.3) is 0 Å². The molecule has 0 radical (unpaired) electrons. The third-order valence-corrected chi connectivity index (χ3v) is 5.13. The standard InChI is InChI=1S/C16H33N3O2/c1-14-11-16(12-17,13-19(14)15-5-6-15)18(8-10-21-3)7-4-9-20-2/h14-15H,4-13,17H2,1-3H3. The summed E-state index contributed by atoms with van der Waals surface area (Å²) in [5, 5.41) is 0. The van der Waals surface area contributed by atoms with E-state index in [2.05, 4.69) is 16.7 Å². The van der Waals surface area contributed by atoms with Crippen LogP contribution in [-0.4, -0.2) is 81.0 Å². The van der Waals surface area contributed by atoms with E-state index in [1.807, 2.05) is 0 Å². The second kappa shape index (κ2) is 7.88. The summed E-state index contributed by atoms with van der Waals surface area (Å²) in [5.74, 6) is 0. The van der Waals surface area contributed by atoms with Crippen LogP contribution in [0.5, 0.6) is 0 Å². The van der Waals surface area contributed by atoms with Gasteiger partial charge in [-0.2, -0.15) is 0 Å². The molecule has 2 unspecified atom stereocenters. The normalized spacial score (nSPS) is 30.4. The van der Waals surface area contributed by atoms with Gasteiger partial charge in [-0.05, 0) is 32.6 Å². The summed E-state index contributed by atoms with van der Waals surface area (Å²) in [6.45, 7) is 7.80. The maximum absolute atomic E-state index is 6.25. The zero-order valence-corrected chi connectivity index (χ0v) is 14.0. The second-order valence-corrected chi connectivity index (χ2v) is 6.71.